The molecular weight excluding hydrogens is 469 g/mol. The van der Waals surface area contributed by atoms with Gasteiger partial charge in [-0.15, -0.1) is 0 Å². The number of carbonyl (C=O) groups excluding carboxylic acids is 1. The summed E-state index contributed by atoms with van der Waals surface area (Å²) in [7, 11) is 1.50. The monoisotopic (exact) mass is 525 g/mol. The first-order valence-corrected chi connectivity index (χ1v) is 13.9. The Morgan fingerprint density at radius 1 is 1.16 bits per heavy atom. The van der Waals surface area contributed by atoms with Gasteiger partial charge < -0.3 is 10.5 Å². The molecular formula is C35H56FNO. The summed E-state index contributed by atoms with van der Waals surface area (Å²) in [4.78, 5) is 8.81. The minimum atomic E-state index is -0.958. The van der Waals surface area contributed by atoms with Gasteiger partial charge in [0, 0.05) is 0 Å². The van der Waals surface area contributed by atoms with E-state index in [2.05, 4.69) is 64.8 Å². The molecule has 2 N–H and O–H groups in total. The maximum Gasteiger partial charge on any atom is 0.116 e. The zero-order valence-electron chi connectivity index (χ0n) is 26.1. The Bertz CT molecular complexity index is 940. The van der Waals surface area contributed by atoms with E-state index in [-0.39, 0.29) is 0 Å². The van der Waals surface area contributed by atoms with Gasteiger partial charge in [0.15, 0.2) is 0 Å². The smallest absolute Gasteiger partial charge is 0.116 e. The molecule has 0 aliphatic heterocycles. The summed E-state index contributed by atoms with van der Waals surface area (Å²) in [5, 5.41) is 0. The molecule has 1 fully saturated rings. The van der Waals surface area contributed by atoms with Gasteiger partial charge in [0.05, 0.1) is 0 Å². The average Bonchev–Trinajstić information content (AvgIpc) is 3.67. The largest absolute Gasteiger partial charge is 0.333 e. The van der Waals surface area contributed by atoms with Crippen molar-refractivity contribution in [3.8, 4) is 0 Å². The molecule has 0 saturated heterocycles. The number of carbonyl (C=O) groups is 1. The number of nitrogens with two attached hydrogens (primary N) is 1. The van der Waals surface area contributed by atoms with E-state index in [1.54, 1.807) is 36.6 Å². The Kier molecular flexibility index (Phi) is 20.2. The standard InChI is InChI=1S/C19H24.C8H12.C5H11F.C2H4O.CH5N/c1-5-15-11-17-8-12(2)9-18(17)14(4)19(15)10-13(3)16-6-7-16;1-4-6-7-8(3)5-2;1-4-5(2,3)6;1-2-3;1-2/h5,10-12,16H,1,6-9H2,2-4H3;4-7H,1H2,2-3H3;4H2,1-3H3;2H,1H3;2H2,1H3/b13-10+;7-6-,8-5-;;;. The molecule has 1 saturated carbocycles. The van der Waals surface area contributed by atoms with E-state index in [0.29, 0.717) is 6.42 Å². The van der Waals surface area contributed by atoms with E-state index in [1.165, 1.54) is 61.9 Å². The summed E-state index contributed by atoms with van der Waals surface area (Å²) in [6.45, 7) is 25.0. The topological polar surface area (TPSA) is 43.1 Å². The molecule has 2 nitrogen and oxygen atoms in total. The normalized spacial score (nSPS) is 16.3. The molecule has 1 aromatic rings. The van der Waals surface area contributed by atoms with Gasteiger partial charge in [0.2, 0.25) is 0 Å². The van der Waals surface area contributed by atoms with Crippen LogP contribution in [0.15, 0.2) is 54.7 Å². The minimum absolute atomic E-state index is 0.604. The lowest BCUT2D eigenvalue weighted by Crippen LogP contribution is -2.07. The summed E-state index contributed by atoms with van der Waals surface area (Å²) < 4.78 is 12.1. The van der Waals surface area contributed by atoms with Crippen LogP contribution in [-0.2, 0) is 17.6 Å². The van der Waals surface area contributed by atoms with Crippen LogP contribution < -0.4 is 5.73 Å². The summed E-state index contributed by atoms with van der Waals surface area (Å²) >= 11 is 0. The molecule has 38 heavy (non-hydrogen) atoms. The number of hydrogen-bond donors (Lipinski definition) is 1. The number of hydrogen-bond acceptors (Lipinski definition) is 2. The van der Waals surface area contributed by atoms with E-state index in [1.807, 2.05) is 32.1 Å². The van der Waals surface area contributed by atoms with Crippen LogP contribution in [0.1, 0.15) is 102 Å². The molecule has 0 bridgehead atoms. The lowest BCUT2D eigenvalue weighted by molar-refractivity contribution is -0.106. The van der Waals surface area contributed by atoms with Crippen LogP contribution in [0.3, 0.4) is 0 Å². The Morgan fingerprint density at radius 3 is 2.08 bits per heavy atom. The van der Waals surface area contributed by atoms with E-state index in [0.717, 1.165) is 18.1 Å². The van der Waals surface area contributed by atoms with Gasteiger partial charge in [-0.25, -0.2) is 4.39 Å². The number of rotatable bonds is 6. The van der Waals surface area contributed by atoms with E-state index >= 15 is 0 Å². The lowest BCUT2D eigenvalue weighted by Gasteiger charge is -2.13. The van der Waals surface area contributed by atoms with Crippen LogP contribution in [0.4, 0.5) is 4.39 Å². The van der Waals surface area contributed by atoms with Crippen LogP contribution >= 0.6 is 0 Å². The van der Waals surface area contributed by atoms with Crippen molar-refractivity contribution in [2.24, 2.45) is 17.6 Å². The first-order chi connectivity index (χ1) is 17.9. The van der Waals surface area contributed by atoms with Crippen molar-refractivity contribution in [1.82, 2.24) is 0 Å². The van der Waals surface area contributed by atoms with Crippen LogP contribution in [0, 0.1) is 18.8 Å². The molecule has 0 heterocycles. The second-order valence-corrected chi connectivity index (χ2v) is 10.5. The number of alkyl halides is 1. The van der Waals surface area contributed by atoms with Crippen molar-refractivity contribution >= 4 is 18.4 Å². The molecule has 214 valence electrons. The summed E-state index contributed by atoms with van der Waals surface area (Å²) in [5.74, 6) is 1.65. The first-order valence-electron chi connectivity index (χ1n) is 13.9. The van der Waals surface area contributed by atoms with Gasteiger partial charge in [-0.1, -0.05) is 80.7 Å². The molecule has 1 atom stereocenters. The molecule has 0 aromatic heterocycles. The molecule has 2 aliphatic carbocycles. The molecule has 1 unspecified atom stereocenters. The second-order valence-electron chi connectivity index (χ2n) is 10.5. The Balaban J connectivity index is 0. The molecule has 0 amide bonds. The van der Waals surface area contributed by atoms with Gasteiger partial charge in [0.25, 0.3) is 0 Å². The maximum absolute atomic E-state index is 12.1. The van der Waals surface area contributed by atoms with Crippen molar-refractivity contribution in [1.29, 1.82) is 0 Å². The third kappa shape index (κ3) is 15.7. The van der Waals surface area contributed by atoms with E-state index in [9.17, 15) is 4.39 Å². The zero-order valence-corrected chi connectivity index (χ0v) is 26.1. The highest BCUT2D eigenvalue weighted by molar-refractivity contribution is 5.71. The van der Waals surface area contributed by atoms with Crippen molar-refractivity contribution in [2.45, 2.75) is 100 Å². The summed E-state index contributed by atoms with van der Waals surface area (Å²) in [6, 6.07) is 2.38. The van der Waals surface area contributed by atoms with Gasteiger partial charge in [-0.3, -0.25) is 0 Å². The van der Waals surface area contributed by atoms with Gasteiger partial charge >= 0.3 is 0 Å². The molecule has 3 heteroatoms. The van der Waals surface area contributed by atoms with Crippen molar-refractivity contribution < 1.29 is 9.18 Å². The highest BCUT2D eigenvalue weighted by atomic mass is 19.1. The maximum atomic E-state index is 12.1. The second kappa shape index (κ2) is 20.4. The predicted octanol–water partition coefficient (Wildman–Crippen LogP) is 9.81. The van der Waals surface area contributed by atoms with Crippen LogP contribution in [0.25, 0.3) is 12.2 Å². The van der Waals surface area contributed by atoms with Crippen molar-refractivity contribution in [2.75, 3.05) is 7.05 Å². The molecule has 2 aliphatic rings. The fourth-order valence-corrected chi connectivity index (χ4v) is 3.80. The minimum Gasteiger partial charge on any atom is -0.333 e. The van der Waals surface area contributed by atoms with Crippen LogP contribution in [-0.4, -0.2) is 19.0 Å². The zero-order chi connectivity index (χ0) is 29.9. The highest BCUT2D eigenvalue weighted by Gasteiger charge is 2.25. The summed E-state index contributed by atoms with van der Waals surface area (Å²) in [5.41, 5.74) is 13.8. The van der Waals surface area contributed by atoms with Crippen molar-refractivity contribution in [3.63, 3.8) is 0 Å². The third-order valence-corrected chi connectivity index (χ3v) is 6.61. The molecule has 1 aromatic carbocycles. The SMILES string of the molecule is C=C/C=C\C(C)=C/C.C=Cc1cc2c(c(C)c1/C=C(\C)C1CC1)CC(C)C2.CC=O.CCC(C)(C)F.CN. The van der Waals surface area contributed by atoms with Crippen LogP contribution in [0.5, 0.6) is 0 Å². The molecule has 3 rings (SSSR count). The summed E-state index contributed by atoms with van der Waals surface area (Å²) in [6.07, 6.45) is 18.8. The molecule has 0 radical (unpaired) electrons. The van der Waals surface area contributed by atoms with Gasteiger partial charge in [0.1, 0.15) is 12.0 Å². The fraction of sp³-hybridized carbons (Fsp3) is 0.514. The van der Waals surface area contributed by atoms with Crippen LogP contribution in [0.2, 0.25) is 0 Å². The van der Waals surface area contributed by atoms with Gasteiger partial charge in [-0.05, 0) is 127 Å². The van der Waals surface area contributed by atoms with E-state index < -0.39 is 5.67 Å². The van der Waals surface area contributed by atoms with Crippen molar-refractivity contribution in [3.05, 3.63) is 82.5 Å². The number of fused-ring (bicyclic) bond motifs is 1. The average molecular weight is 526 g/mol. The third-order valence-electron chi connectivity index (χ3n) is 6.61. The van der Waals surface area contributed by atoms with Gasteiger partial charge in [-0.2, -0.15) is 0 Å². The number of benzene rings is 1. The fourth-order valence-electron chi connectivity index (χ4n) is 3.80. The number of aldehydes is 1. The Hall–Kier alpha value is -2.52. The Labute approximate surface area is 234 Å². The van der Waals surface area contributed by atoms with E-state index in [4.69, 9.17) is 4.79 Å². The highest BCUT2D eigenvalue weighted by Crippen LogP contribution is 2.39. The first kappa shape index (κ1) is 37.6. The Morgan fingerprint density at radius 2 is 1.68 bits per heavy atom. The quantitative estimate of drug-likeness (QED) is 0.297. The molecule has 0 spiro atoms. The number of halogens is 1. The predicted molar refractivity (Wildman–Crippen MR) is 170 cm³/mol. The lowest BCUT2D eigenvalue weighted by atomic mass is 9.92. The number of allylic oxidation sites excluding steroid dienone is 6.